The number of rotatable bonds is 5. The number of ether oxygens (including phenoxy) is 1. The second-order valence-electron chi connectivity index (χ2n) is 4.64. The lowest BCUT2D eigenvalue weighted by molar-refractivity contribution is 0.232. The fraction of sp³-hybridized carbons (Fsp3) is 0.538. The first kappa shape index (κ1) is 11.3. The average Bonchev–Trinajstić information content (AvgIpc) is 2.98. The Kier molecular flexibility index (Phi) is 3.34. The lowest BCUT2D eigenvalue weighted by atomic mass is 10.2. The van der Waals surface area contributed by atoms with Crippen LogP contribution in [0.1, 0.15) is 18.4 Å². The number of benzene rings is 1. The van der Waals surface area contributed by atoms with Crippen LogP contribution in [0.5, 0.6) is 5.75 Å². The molecule has 0 unspecified atom stereocenters. The molecule has 0 aliphatic heterocycles. The number of likely N-dealkylation sites (N-methyl/N-ethyl adjacent to an activating group) is 1. The molecule has 1 aliphatic rings. The number of aryl methyl sites for hydroxylation is 1. The minimum atomic E-state index is 0.732. The van der Waals surface area contributed by atoms with E-state index in [9.17, 15) is 0 Å². The third-order valence-corrected chi connectivity index (χ3v) is 2.96. The first-order chi connectivity index (χ1) is 7.65. The van der Waals surface area contributed by atoms with Crippen molar-refractivity contribution in [2.75, 3.05) is 25.9 Å². The van der Waals surface area contributed by atoms with E-state index in [0.29, 0.717) is 0 Å². The number of nitrogens with zero attached hydrogens (tertiary/aromatic N) is 1. The molecule has 88 valence electrons. The van der Waals surface area contributed by atoms with Crippen molar-refractivity contribution in [3.8, 4) is 5.75 Å². The summed E-state index contributed by atoms with van der Waals surface area (Å²) in [7, 11) is 2.16. The van der Waals surface area contributed by atoms with Gasteiger partial charge in [0.15, 0.2) is 0 Å². The number of anilines is 1. The average molecular weight is 220 g/mol. The van der Waals surface area contributed by atoms with Crippen LogP contribution in [0.4, 0.5) is 5.69 Å². The van der Waals surface area contributed by atoms with E-state index >= 15 is 0 Å². The fourth-order valence-electron chi connectivity index (χ4n) is 1.87. The van der Waals surface area contributed by atoms with E-state index in [4.69, 9.17) is 10.5 Å². The topological polar surface area (TPSA) is 38.5 Å². The molecule has 1 aromatic rings. The molecule has 0 heterocycles. The van der Waals surface area contributed by atoms with Gasteiger partial charge in [-0.1, -0.05) is 0 Å². The Bertz CT molecular complexity index is 341. The van der Waals surface area contributed by atoms with Gasteiger partial charge in [-0.2, -0.15) is 0 Å². The third-order valence-electron chi connectivity index (χ3n) is 2.96. The smallest absolute Gasteiger partial charge is 0.121 e. The maximum absolute atomic E-state index is 5.76. The fourth-order valence-corrected chi connectivity index (χ4v) is 1.87. The van der Waals surface area contributed by atoms with Crippen molar-refractivity contribution in [1.82, 2.24) is 4.90 Å². The highest BCUT2D eigenvalue weighted by Crippen LogP contribution is 2.25. The SMILES string of the molecule is Cc1cc(N)cc(OCCN(C)C2CC2)c1. The van der Waals surface area contributed by atoms with Gasteiger partial charge in [-0.15, -0.1) is 0 Å². The first-order valence-corrected chi connectivity index (χ1v) is 5.85. The monoisotopic (exact) mass is 220 g/mol. The summed E-state index contributed by atoms with van der Waals surface area (Å²) in [6.07, 6.45) is 2.68. The van der Waals surface area contributed by atoms with Gasteiger partial charge >= 0.3 is 0 Å². The normalized spacial score (nSPS) is 15.4. The summed E-state index contributed by atoms with van der Waals surface area (Å²) in [5, 5.41) is 0. The summed E-state index contributed by atoms with van der Waals surface area (Å²) in [5.74, 6) is 0.877. The lowest BCUT2D eigenvalue weighted by Crippen LogP contribution is -2.26. The van der Waals surface area contributed by atoms with Crippen molar-refractivity contribution in [1.29, 1.82) is 0 Å². The van der Waals surface area contributed by atoms with Crippen LogP contribution in [0.3, 0.4) is 0 Å². The minimum absolute atomic E-state index is 0.732. The largest absolute Gasteiger partial charge is 0.492 e. The molecular formula is C13H20N2O. The van der Waals surface area contributed by atoms with Gasteiger partial charge in [0.05, 0.1) is 0 Å². The quantitative estimate of drug-likeness (QED) is 0.772. The van der Waals surface area contributed by atoms with E-state index in [0.717, 1.165) is 36.2 Å². The van der Waals surface area contributed by atoms with Gasteiger partial charge in [0.25, 0.3) is 0 Å². The van der Waals surface area contributed by atoms with Crippen molar-refractivity contribution < 1.29 is 4.74 Å². The van der Waals surface area contributed by atoms with Crippen LogP contribution in [0.25, 0.3) is 0 Å². The van der Waals surface area contributed by atoms with Crippen LogP contribution < -0.4 is 10.5 Å². The summed E-state index contributed by atoms with van der Waals surface area (Å²) in [6.45, 7) is 3.74. The molecule has 0 spiro atoms. The summed E-state index contributed by atoms with van der Waals surface area (Å²) in [6, 6.07) is 6.65. The molecule has 0 amide bonds. The molecule has 0 bridgehead atoms. The predicted molar refractivity (Wildman–Crippen MR) is 66.7 cm³/mol. The van der Waals surface area contributed by atoms with Crippen LogP contribution in [-0.2, 0) is 0 Å². The first-order valence-electron chi connectivity index (χ1n) is 5.85. The van der Waals surface area contributed by atoms with E-state index in [1.165, 1.54) is 12.8 Å². The number of nitrogen functional groups attached to an aromatic ring is 1. The molecule has 1 fully saturated rings. The molecule has 0 aromatic heterocycles. The van der Waals surface area contributed by atoms with Crippen molar-refractivity contribution in [2.24, 2.45) is 0 Å². The summed E-state index contributed by atoms with van der Waals surface area (Å²) in [5.41, 5.74) is 7.67. The Balaban J connectivity index is 1.79. The molecule has 2 N–H and O–H groups in total. The van der Waals surface area contributed by atoms with Gasteiger partial charge in [0.2, 0.25) is 0 Å². The van der Waals surface area contributed by atoms with Crippen molar-refractivity contribution in [2.45, 2.75) is 25.8 Å². The van der Waals surface area contributed by atoms with Gasteiger partial charge in [0, 0.05) is 24.3 Å². The van der Waals surface area contributed by atoms with E-state index < -0.39 is 0 Å². The standard InChI is InChI=1S/C13H20N2O/c1-10-7-11(14)9-13(8-10)16-6-5-15(2)12-3-4-12/h7-9,12H,3-6,14H2,1-2H3. The Labute approximate surface area is 97.2 Å². The van der Waals surface area contributed by atoms with Gasteiger partial charge in [0.1, 0.15) is 12.4 Å². The maximum atomic E-state index is 5.76. The van der Waals surface area contributed by atoms with Gasteiger partial charge in [-0.05, 0) is 44.5 Å². The van der Waals surface area contributed by atoms with E-state index in [-0.39, 0.29) is 0 Å². The molecule has 1 aliphatic carbocycles. The van der Waals surface area contributed by atoms with Gasteiger partial charge in [-0.25, -0.2) is 0 Å². The van der Waals surface area contributed by atoms with Crippen LogP contribution in [0.2, 0.25) is 0 Å². The molecule has 0 saturated heterocycles. The molecule has 1 aromatic carbocycles. The molecule has 1 saturated carbocycles. The molecule has 16 heavy (non-hydrogen) atoms. The Morgan fingerprint density at radius 1 is 1.38 bits per heavy atom. The molecule has 3 nitrogen and oxygen atoms in total. The highest BCUT2D eigenvalue weighted by molar-refractivity contribution is 5.47. The second-order valence-corrected chi connectivity index (χ2v) is 4.64. The van der Waals surface area contributed by atoms with Crippen LogP contribution in [0.15, 0.2) is 18.2 Å². The van der Waals surface area contributed by atoms with Gasteiger partial charge in [-0.3, -0.25) is 0 Å². The lowest BCUT2D eigenvalue weighted by Gasteiger charge is -2.16. The predicted octanol–water partition coefficient (Wildman–Crippen LogP) is 2.05. The zero-order valence-electron chi connectivity index (χ0n) is 10.1. The van der Waals surface area contributed by atoms with Crippen molar-refractivity contribution in [3.05, 3.63) is 23.8 Å². The zero-order chi connectivity index (χ0) is 11.5. The third kappa shape index (κ3) is 3.14. The van der Waals surface area contributed by atoms with Crippen LogP contribution in [-0.4, -0.2) is 31.1 Å². The van der Waals surface area contributed by atoms with Crippen molar-refractivity contribution in [3.63, 3.8) is 0 Å². The number of hydrogen-bond donors (Lipinski definition) is 1. The van der Waals surface area contributed by atoms with E-state index in [1.807, 2.05) is 25.1 Å². The summed E-state index contributed by atoms with van der Waals surface area (Å²) < 4.78 is 5.69. The molecule has 0 radical (unpaired) electrons. The van der Waals surface area contributed by atoms with Gasteiger partial charge < -0.3 is 15.4 Å². The molecule has 2 rings (SSSR count). The Morgan fingerprint density at radius 3 is 2.75 bits per heavy atom. The molecular weight excluding hydrogens is 200 g/mol. The van der Waals surface area contributed by atoms with Crippen LogP contribution >= 0.6 is 0 Å². The highest BCUT2D eigenvalue weighted by Gasteiger charge is 2.25. The molecule has 0 atom stereocenters. The van der Waals surface area contributed by atoms with Crippen LogP contribution in [0, 0.1) is 6.92 Å². The Morgan fingerprint density at radius 2 is 2.12 bits per heavy atom. The maximum Gasteiger partial charge on any atom is 0.121 e. The summed E-state index contributed by atoms with van der Waals surface area (Å²) in [4.78, 5) is 2.36. The van der Waals surface area contributed by atoms with Crippen molar-refractivity contribution >= 4 is 5.69 Å². The minimum Gasteiger partial charge on any atom is -0.492 e. The number of nitrogens with two attached hydrogens (primary N) is 1. The zero-order valence-corrected chi connectivity index (χ0v) is 10.1. The van der Waals surface area contributed by atoms with E-state index in [1.54, 1.807) is 0 Å². The highest BCUT2D eigenvalue weighted by atomic mass is 16.5. The van der Waals surface area contributed by atoms with E-state index in [2.05, 4.69) is 11.9 Å². The summed E-state index contributed by atoms with van der Waals surface area (Å²) >= 11 is 0. The molecule has 3 heteroatoms. The second kappa shape index (κ2) is 4.74. The Hall–Kier alpha value is -1.22. The number of hydrogen-bond acceptors (Lipinski definition) is 3.